The summed E-state index contributed by atoms with van der Waals surface area (Å²) in [5.74, 6) is 1.96. The van der Waals surface area contributed by atoms with E-state index in [-0.39, 0.29) is 11.8 Å². The number of rotatable bonds is 7. The van der Waals surface area contributed by atoms with Crippen molar-refractivity contribution >= 4 is 5.91 Å². The predicted molar refractivity (Wildman–Crippen MR) is 101 cm³/mol. The predicted octanol–water partition coefficient (Wildman–Crippen LogP) is 2.93. The fraction of sp³-hybridized carbons (Fsp3) is 0.524. The van der Waals surface area contributed by atoms with Gasteiger partial charge in [0.1, 0.15) is 0 Å². The molecule has 0 unspecified atom stereocenters. The number of hydrogen-bond acceptors (Lipinski definition) is 6. The van der Waals surface area contributed by atoms with Gasteiger partial charge in [-0.05, 0) is 37.0 Å². The van der Waals surface area contributed by atoms with Crippen molar-refractivity contribution in [1.82, 2.24) is 15.0 Å². The van der Waals surface area contributed by atoms with Gasteiger partial charge in [0, 0.05) is 31.7 Å². The normalized spacial score (nSPS) is 17.5. The molecule has 1 aliphatic heterocycles. The number of amides is 1. The van der Waals surface area contributed by atoms with Crippen LogP contribution in [0.3, 0.4) is 0 Å². The second kappa shape index (κ2) is 8.53. The average Bonchev–Trinajstić information content (AvgIpc) is 3.36. The number of carbonyl (C=O) groups excluding carboxylic acids is 1. The summed E-state index contributed by atoms with van der Waals surface area (Å²) in [5.41, 5.74) is 1.02. The van der Waals surface area contributed by atoms with E-state index in [1.807, 2.05) is 0 Å². The Balaban J connectivity index is 1.22. The quantitative estimate of drug-likeness (QED) is 0.686. The summed E-state index contributed by atoms with van der Waals surface area (Å²) in [6.07, 6.45) is 5.86. The van der Waals surface area contributed by atoms with Crippen molar-refractivity contribution < 1.29 is 14.1 Å². The van der Waals surface area contributed by atoms with Crippen LogP contribution < -0.4 is 0 Å². The van der Waals surface area contributed by atoms with Gasteiger partial charge in [0.25, 0.3) is 5.91 Å². The van der Waals surface area contributed by atoms with Crippen LogP contribution in [0.2, 0.25) is 0 Å². The first-order chi connectivity index (χ1) is 13.7. The van der Waals surface area contributed by atoms with Crippen molar-refractivity contribution in [2.75, 3.05) is 26.3 Å². The molecular formula is C21H24N4O3. The molecule has 0 N–H and O–H groups in total. The van der Waals surface area contributed by atoms with E-state index in [0.29, 0.717) is 54.9 Å². The van der Waals surface area contributed by atoms with Crippen molar-refractivity contribution in [3.63, 3.8) is 0 Å². The Bertz CT molecular complexity index is 861. The molecule has 1 aromatic carbocycles. The topological polar surface area (TPSA) is 92.2 Å². The van der Waals surface area contributed by atoms with E-state index in [4.69, 9.17) is 14.5 Å². The van der Waals surface area contributed by atoms with Gasteiger partial charge >= 0.3 is 0 Å². The highest BCUT2D eigenvalue weighted by molar-refractivity contribution is 5.95. The van der Waals surface area contributed by atoms with Crippen LogP contribution in [-0.4, -0.2) is 47.3 Å². The third kappa shape index (κ3) is 4.23. The van der Waals surface area contributed by atoms with Crippen LogP contribution in [0, 0.1) is 17.2 Å². The van der Waals surface area contributed by atoms with Gasteiger partial charge in [0.05, 0.1) is 24.2 Å². The number of likely N-dealkylation sites (tertiary alicyclic amines) is 1. The van der Waals surface area contributed by atoms with Gasteiger partial charge in [-0.2, -0.15) is 10.2 Å². The van der Waals surface area contributed by atoms with E-state index in [2.05, 4.69) is 16.2 Å². The minimum atomic E-state index is -0.0756. The van der Waals surface area contributed by atoms with Gasteiger partial charge in [0.15, 0.2) is 5.82 Å². The SMILES string of the molecule is N#Cc1cccc(C(=O)N2CC(c3nc(CCOCC4CCCC4)no3)C2)c1. The van der Waals surface area contributed by atoms with Crippen LogP contribution >= 0.6 is 0 Å². The standard InChI is InChI=1S/C21H24N4O3/c22-11-16-6-3-7-17(10-16)21(26)25-12-18(13-25)20-23-19(24-28-20)8-9-27-14-15-4-1-2-5-15/h3,6-7,10,15,18H,1-2,4-5,8-9,12-14H2. The number of nitriles is 1. The van der Waals surface area contributed by atoms with E-state index < -0.39 is 0 Å². The molecule has 7 nitrogen and oxygen atoms in total. The molecule has 28 heavy (non-hydrogen) atoms. The smallest absolute Gasteiger partial charge is 0.253 e. The van der Waals surface area contributed by atoms with Gasteiger partial charge < -0.3 is 14.2 Å². The van der Waals surface area contributed by atoms with Gasteiger partial charge in [-0.1, -0.05) is 24.1 Å². The second-order valence-electron chi connectivity index (χ2n) is 7.62. The first-order valence-electron chi connectivity index (χ1n) is 9.92. The largest absolute Gasteiger partial charge is 0.381 e. The molecule has 2 heterocycles. The molecule has 1 aromatic heterocycles. The zero-order chi connectivity index (χ0) is 19.3. The van der Waals surface area contributed by atoms with Crippen molar-refractivity contribution in [3.05, 3.63) is 47.1 Å². The molecule has 0 spiro atoms. The van der Waals surface area contributed by atoms with Crippen LogP contribution in [0.5, 0.6) is 0 Å². The third-order valence-corrected chi connectivity index (χ3v) is 5.54. The Morgan fingerprint density at radius 1 is 1.32 bits per heavy atom. The lowest BCUT2D eigenvalue weighted by Crippen LogP contribution is -2.48. The lowest BCUT2D eigenvalue weighted by molar-refractivity contribution is 0.0569. The molecule has 0 bridgehead atoms. The highest BCUT2D eigenvalue weighted by Crippen LogP contribution is 2.27. The summed E-state index contributed by atoms with van der Waals surface area (Å²) in [6, 6.07) is 8.82. The van der Waals surface area contributed by atoms with Crippen LogP contribution in [0.25, 0.3) is 0 Å². The summed E-state index contributed by atoms with van der Waals surface area (Å²) < 4.78 is 11.1. The average molecular weight is 380 g/mol. The van der Waals surface area contributed by atoms with Crippen LogP contribution in [-0.2, 0) is 11.2 Å². The maximum Gasteiger partial charge on any atom is 0.253 e. The molecule has 146 valence electrons. The van der Waals surface area contributed by atoms with Gasteiger partial charge in [-0.3, -0.25) is 4.79 Å². The second-order valence-corrected chi connectivity index (χ2v) is 7.62. The molecule has 2 fully saturated rings. The molecule has 1 amide bonds. The summed E-state index contributed by atoms with van der Waals surface area (Å²) in [7, 11) is 0. The lowest BCUT2D eigenvalue weighted by Gasteiger charge is -2.37. The number of aromatic nitrogens is 2. The van der Waals surface area contributed by atoms with Crippen LogP contribution in [0.4, 0.5) is 0 Å². The summed E-state index contributed by atoms with van der Waals surface area (Å²) in [6.45, 7) is 2.54. The van der Waals surface area contributed by atoms with Gasteiger partial charge in [-0.25, -0.2) is 0 Å². The molecule has 2 aromatic rings. The Morgan fingerprint density at radius 3 is 2.93 bits per heavy atom. The molecule has 1 saturated carbocycles. The number of ether oxygens (including phenoxy) is 1. The maximum absolute atomic E-state index is 12.5. The highest BCUT2D eigenvalue weighted by Gasteiger charge is 2.36. The summed E-state index contributed by atoms with van der Waals surface area (Å²) in [4.78, 5) is 18.7. The Labute approximate surface area is 164 Å². The Kier molecular flexibility index (Phi) is 5.68. The Hall–Kier alpha value is -2.72. The number of hydrogen-bond donors (Lipinski definition) is 0. The molecule has 2 aliphatic rings. The van der Waals surface area contributed by atoms with E-state index >= 15 is 0 Å². The zero-order valence-corrected chi connectivity index (χ0v) is 15.8. The van der Waals surface area contributed by atoms with Gasteiger partial charge in [-0.15, -0.1) is 0 Å². The van der Waals surface area contributed by atoms with Crippen molar-refractivity contribution in [3.8, 4) is 6.07 Å². The van der Waals surface area contributed by atoms with Crippen molar-refractivity contribution in [1.29, 1.82) is 5.26 Å². The van der Waals surface area contributed by atoms with E-state index in [9.17, 15) is 4.79 Å². The fourth-order valence-electron chi connectivity index (χ4n) is 3.83. The monoisotopic (exact) mass is 380 g/mol. The highest BCUT2D eigenvalue weighted by atomic mass is 16.5. The first-order valence-corrected chi connectivity index (χ1v) is 9.92. The lowest BCUT2D eigenvalue weighted by atomic mass is 9.98. The molecule has 4 rings (SSSR count). The van der Waals surface area contributed by atoms with Crippen LogP contribution in [0.15, 0.2) is 28.8 Å². The zero-order valence-electron chi connectivity index (χ0n) is 15.8. The summed E-state index contributed by atoms with van der Waals surface area (Å²) in [5, 5.41) is 13.0. The van der Waals surface area contributed by atoms with E-state index in [1.165, 1.54) is 25.7 Å². The molecule has 0 radical (unpaired) electrons. The summed E-state index contributed by atoms with van der Waals surface area (Å²) >= 11 is 0. The van der Waals surface area contributed by atoms with Crippen LogP contribution in [0.1, 0.15) is 59.2 Å². The van der Waals surface area contributed by atoms with E-state index in [1.54, 1.807) is 29.2 Å². The van der Waals surface area contributed by atoms with Crippen molar-refractivity contribution in [2.24, 2.45) is 5.92 Å². The number of carbonyl (C=O) groups is 1. The molecular weight excluding hydrogens is 356 g/mol. The number of nitrogens with zero attached hydrogens (tertiary/aromatic N) is 4. The number of benzene rings is 1. The maximum atomic E-state index is 12.5. The molecule has 1 saturated heterocycles. The Morgan fingerprint density at radius 2 is 2.14 bits per heavy atom. The minimum Gasteiger partial charge on any atom is -0.381 e. The molecule has 0 atom stereocenters. The van der Waals surface area contributed by atoms with Gasteiger partial charge in [0.2, 0.25) is 5.89 Å². The third-order valence-electron chi connectivity index (χ3n) is 5.54. The van der Waals surface area contributed by atoms with Crippen molar-refractivity contribution in [2.45, 2.75) is 38.0 Å². The molecule has 1 aliphatic carbocycles. The minimum absolute atomic E-state index is 0.0729. The first kappa shape index (κ1) is 18.6. The van der Waals surface area contributed by atoms with E-state index in [0.717, 1.165) is 6.61 Å². The molecule has 7 heteroatoms. The fourth-order valence-corrected chi connectivity index (χ4v) is 3.83.